The molecule has 0 amide bonds. The third-order valence-electron chi connectivity index (χ3n) is 3.00. The van der Waals surface area contributed by atoms with E-state index in [2.05, 4.69) is 19.2 Å². The second-order valence-corrected chi connectivity index (χ2v) is 4.53. The van der Waals surface area contributed by atoms with Gasteiger partial charge >= 0.3 is 0 Å². The molecule has 100 valence electrons. The standard InChI is InChI=1S/C16H18FNO/c1-12-6-7-16(10-13(12)2)19-9-8-18-15-5-3-4-14(17)11-15/h3-7,10-11,18H,8-9H2,1-2H3. The molecular formula is C16H18FNO. The Balaban J connectivity index is 1.79. The highest BCUT2D eigenvalue weighted by atomic mass is 19.1. The molecule has 0 saturated carbocycles. The normalized spacial score (nSPS) is 10.3. The van der Waals surface area contributed by atoms with Gasteiger partial charge in [0, 0.05) is 12.2 Å². The Morgan fingerprint density at radius 3 is 2.63 bits per heavy atom. The van der Waals surface area contributed by atoms with Gasteiger partial charge in [0.1, 0.15) is 18.2 Å². The summed E-state index contributed by atoms with van der Waals surface area (Å²) in [5.41, 5.74) is 3.24. The van der Waals surface area contributed by atoms with E-state index in [-0.39, 0.29) is 5.82 Å². The smallest absolute Gasteiger partial charge is 0.125 e. The van der Waals surface area contributed by atoms with Crippen LogP contribution in [0.3, 0.4) is 0 Å². The van der Waals surface area contributed by atoms with Gasteiger partial charge < -0.3 is 10.1 Å². The Kier molecular flexibility index (Phi) is 4.39. The summed E-state index contributed by atoms with van der Waals surface area (Å²) in [6.45, 7) is 5.31. The SMILES string of the molecule is Cc1ccc(OCCNc2cccc(F)c2)cc1C. The van der Waals surface area contributed by atoms with E-state index in [1.165, 1.54) is 23.3 Å². The Bertz CT molecular complexity index is 554. The zero-order valence-corrected chi connectivity index (χ0v) is 11.2. The first-order chi connectivity index (χ1) is 9.15. The summed E-state index contributed by atoms with van der Waals surface area (Å²) < 4.78 is 18.6. The summed E-state index contributed by atoms with van der Waals surface area (Å²) in [7, 11) is 0. The number of nitrogens with one attached hydrogen (secondary N) is 1. The molecule has 2 nitrogen and oxygen atoms in total. The van der Waals surface area contributed by atoms with E-state index >= 15 is 0 Å². The fraction of sp³-hybridized carbons (Fsp3) is 0.250. The second kappa shape index (κ2) is 6.23. The molecule has 0 bridgehead atoms. The highest BCUT2D eigenvalue weighted by Gasteiger charge is 1.98. The van der Waals surface area contributed by atoms with E-state index in [0.717, 1.165) is 11.4 Å². The number of benzene rings is 2. The summed E-state index contributed by atoms with van der Waals surface area (Å²) in [6.07, 6.45) is 0. The molecule has 3 heteroatoms. The average molecular weight is 259 g/mol. The molecule has 2 aromatic carbocycles. The van der Waals surface area contributed by atoms with Gasteiger partial charge in [-0.1, -0.05) is 12.1 Å². The number of hydrogen-bond acceptors (Lipinski definition) is 2. The summed E-state index contributed by atoms with van der Waals surface area (Å²) in [4.78, 5) is 0. The van der Waals surface area contributed by atoms with E-state index in [9.17, 15) is 4.39 Å². The molecule has 2 rings (SSSR count). The molecule has 0 heterocycles. The minimum absolute atomic E-state index is 0.236. The molecule has 0 fully saturated rings. The van der Waals surface area contributed by atoms with Crippen LogP contribution in [-0.2, 0) is 0 Å². The lowest BCUT2D eigenvalue weighted by Crippen LogP contribution is -2.11. The number of halogens is 1. The van der Waals surface area contributed by atoms with E-state index in [0.29, 0.717) is 13.2 Å². The number of ether oxygens (including phenoxy) is 1. The molecule has 0 atom stereocenters. The van der Waals surface area contributed by atoms with Crippen LogP contribution in [0.1, 0.15) is 11.1 Å². The van der Waals surface area contributed by atoms with Crippen LogP contribution in [0.5, 0.6) is 5.75 Å². The van der Waals surface area contributed by atoms with Crippen LogP contribution in [0.25, 0.3) is 0 Å². The third-order valence-corrected chi connectivity index (χ3v) is 3.00. The molecule has 0 saturated heterocycles. The van der Waals surface area contributed by atoms with Gasteiger partial charge in [-0.2, -0.15) is 0 Å². The minimum atomic E-state index is -0.236. The summed E-state index contributed by atoms with van der Waals surface area (Å²) >= 11 is 0. The maximum absolute atomic E-state index is 13.0. The Labute approximate surface area is 113 Å². The first kappa shape index (κ1) is 13.4. The first-order valence-corrected chi connectivity index (χ1v) is 6.34. The maximum atomic E-state index is 13.0. The topological polar surface area (TPSA) is 21.3 Å². The quantitative estimate of drug-likeness (QED) is 0.821. The van der Waals surface area contributed by atoms with Crippen LogP contribution < -0.4 is 10.1 Å². The summed E-state index contributed by atoms with van der Waals surface area (Å²) in [6, 6.07) is 12.4. The lowest BCUT2D eigenvalue weighted by molar-refractivity contribution is 0.332. The van der Waals surface area contributed by atoms with Gasteiger partial charge in [0.25, 0.3) is 0 Å². The predicted octanol–water partition coefficient (Wildman–Crippen LogP) is 3.93. The van der Waals surface area contributed by atoms with E-state index in [1.54, 1.807) is 6.07 Å². The molecule has 0 aromatic heterocycles. The second-order valence-electron chi connectivity index (χ2n) is 4.53. The molecule has 0 aliphatic heterocycles. The van der Waals surface area contributed by atoms with Crippen LogP contribution >= 0.6 is 0 Å². The van der Waals surface area contributed by atoms with E-state index in [4.69, 9.17) is 4.74 Å². The average Bonchev–Trinajstić information content (AvgIpc) is 2.39. The Hall–Kier alpha value is -2.03. The number of aryl methyl sites for hydroxylation is 2. The van der Waals surface area contributed by atoms with Crippen LogP contribution in [0.15, 0.2) is 42.5 Å². The monoisotopic (exact) mass is 259 g/mol. The van der Waals surface area contributed by atoms with Gasteiger partial charge in [-0.3, -0.25) is 0 Å². The van der Waals surface area contributed by atoms with Crippen LogP contribution in [0, 0.1) is 19.7 Å². The van der Waals surface area contributed by atoms with Crippen molar-refractivity contribution in [1.29, 1.82) is 0 Å². The van der Waals surface area contributed by atoms with Crippen LogP contribution in [0.4, 0.5) is 10.1 Å². The van der Waals surface area contributed by atoms with Gasteiger partial charge in [-0.05, 0) is 55.3 Å². The molecule has 19 heavy (non-hydrogen) atoms. The zero-order valence-electron chi connectivity index (χ0n) is 11.2. The van der Waals surface area contributed by atoms with Crippen molar-refractivity contribution in [3.63, 3.8) is 0 Å². The molecule has 2 aromatic rings. The van der Waals surface area contributed by atoms with Crippen molar-refractivity contribution in [2.75, 3.05) is 18.5 Å². The number of rotatable bonds is 5. The van der Waals surface area contributed by atoms with E-state index < -0.39 is 0 Å². The van der Waals surface area contributed by atoms with Gasteiger partial charge in [0.05, 0.1) is 0 Å². The zero-order chi connectivity index (χ0) is 13.7. The Morgan fingerprint density at radius 1 is 1.05 bits per heavy atom. The van der Waals surface area contributed by atoms with E-state index in [1.807, 2.05) is 24.3 Å². The predicted molar refractivity (Wildman–Crippen MR) is 76.3 cm³/mol. The highest BCUT2D eigenvalue weighted by Crippen LogP contribution is 2.16. The highest BCUT2D eigenvalue weighted by molar-refractivity contribution is 5.43. The van der Waals surface area contributed by atoms with Crippen molar-refractivity contribution in [3.05, 3.63) is 59.4 Å². The molecule has 0 aliphatic carbocycles. The Morgan fingerprint density at radius 2 is 1.89 bits per heavy atom. The lowest BCUT2D eigenvalue weighted by atomic mass is 10.1. The molecule has 1 N–H and O–H groups in total. The van der Waals surface area contributed by atoms with Crippen LogP contribution in [0.2, 0.25) is 0 Å². The summed E-state index contributed by atoms with van der Waals surface area (Å²) in [5.74, 6) is 0.629. The molecule has 0 aliphatic rings. The van der Waals surface area contributed by atoms with Gasteiger partial charge in [-0.15, -0.1) is 0 Å². The maximum Gasteiger partial charge on any atom is 0.125 e. The van der Waals surface area contributed by atoms with Crippen molar-refractivity contribution in [1.82, 2.24) is 0 Å². The molecule has 0 spiro atoms. The van der Waals surface area contributed by atoms with Gasteiger partial charge in [0.2, 0.25) is 0 Å². The number of anilines is 1. The van der Waals surface area contributed by atoms with Crippen molar-refractivity contribution in [2.24, 2.45) is 0 Å². The third kappa shape index (κ3) is 3.98. The fourth-order valence-corrected chi connectivity index (χ4v) is 1.77. The fourth-order valence-electron chi connectivity index (χ4n) is 1.77. The largest absolute Gasteiger partial charge is 0.492 e. The lowest BCUT2D eigenvalue weighted by Gasteiger charge is -2.10. The van der Waals surface area contributed by atoms with Crippen molar-refractivity contribution in [3.8, 4) is 5.75 Å². The molecular weight excluding hydrogens is 241 g/mol. The molecule has 0 radical (unpaired) electrons. The van der Waals surface area contributed by atoms with Crippen molar-refractivity contribution < 1.29 is 9.13 Å². The van der Waals surface area contributed by atoms with Gasteiger partial charge in [0.15, 0.2) is 0 Å². The summed E-state index contributed by atoms with van der Waals surface area (Å²) in [5, 5.41) is 3.12. The first-order valence-electron chi connectivity index (χ1n) is 6.34. The van der Waals surface area contributed by atoms with Crippen molar-refractivity contribution in [2.45, 2.75) is 13.8 Å². The number of hydrogen-bond donors (Lipinski definition) is 1. The van der Waals surface area contributed by atoms with Crippen molar-refractivity contribution >= 4 is 5.69 Å². The van der Waals surface area contributed by atoms with Crippen LogP contribution in [-0.4, -0.2) is 13.2 Å². The van der Waals surface area contributed by atoms with Gasteiger partial charge in [-0.25, -0.2) is 4.39 Å². The minimum Gasteiger partial charge on any atom is -0.492 e. The molecule has 0 unspecified atom stereocenters.